The van der Waals surface area contributed by atoms with Crippen molar-refractivity contribution in [2.45, 2.75) is 13.8 Å². The molecule has 1 aromatic carbocycles. The van der Waals surface area contributed by atoms with Crippen LogP contribution in [-0.4, -0.2) is 24.0 Å². The van der Waals surface area contributed by atoms with Crippen molar-refractivity contribution in [1.82, 2.24) is 10.3 Å². The third-order valence-corrected chi connectivity index (χ3v) is 3.12. The summed E-state index contributed by atoms with van der Waals surface area (Å²) in [4.78, 5) is 16.1. The van der Waals surface area contributed by atoms with Gasteiger partial charge in [-0.3, -0.25) is 4.79 Å². The maximum Gasteiger partial charge on any atom is 0.251 e. The number of hydrogen-bond acceptors (Lipinski definition) is 4. The summed E-state index contributed by atoms with van der Waals surface area (Å²) in [6.45, 7) is 5.07. The molecule has 21 heavy (non-hydrogen) atoms. The summed E-state index contributed by atoms with van der Waals surface area (Å²) in [5, 5.41) is 6.04. The molecule has 1 heterocycles. The molecule has 0 saturated heterocycles. The predicted molar refractivity (Wildman–Crippen MR) is 85.4 cm³/mol. The van der Waals surface area contributed by atoms with E-state index in [4.69, 9.17) is 5.73 Å². The Balaban J connectivity index is 1.79. The first-order chi connectivity index (χ1) is 10.1. The molecule has 0 saturated carbocycles. The van der Waals surface area contributed by atoms with Gasteiger partial charge in [0.05, 0.1) is 11.9 Å². The van der Waals surface area contributed by atoms with Gasteiger partial charge in [0.25, 0.3) is 5.91 Å². The molecule has 0 bridgehead atoms. The van der Waals surface area contributed by atoms with Gasteiger partial charge in [0, 0.05) is 18.7 Å². The predicted octanol–water partition coefficient (Wildman–Crippen LogP) is 2.12. The van der Waals surface area contributed by atoms with E-state index in [0.29, 0.717) is 24.3 Å². The maximum atomic E-state index is 11.9. The number of carbonyl (C=O) groups is 1. The Morgan fingerprint density at radius 3 is 2.57 bits per heavy atom. The van der Waals surface area contributed by atoms with Gasteiger partial charge in [-0.1, -0.05) is 17.7 Å². The van der Waals surface area contributed by atoms with Crippen molar-refractivity contribution in [3.8, 4) is 0 Å². The number of nitrogens with one attached hydrogen (secondary N) is 2. The van der Waals surface area contributed by atoms with Gasteiger partial charge in [0.1, 0.15) is 5.82 Å². The topological polar surface area (TPSA) is 80.0 Å². The second-order valence-corrected chi connectivity index (χ2v) is 4.98. The Morgan fingerprint density at radius 1 is 1.19 bits per heavy atom. The molecule has 5 heteroatoms. The molecule has 2 aromatic rings. The molecular formula is C16H20N4O. The fourth-order valence-corrected chi connectivity index (χ4v) is 1.95. The first-order valence-electron chi connectivity index (χ1n) is 6.87. The molecule has 0 aliphatic heterocycles. The van der Waals surface area contributed by atoms with Crippen LogP contribution in [0.1, 0.15) is 21.5 Å². The highest BCUT2D eigenvalue weighted by molar-refractivity contribution is 5.94. The number of anilines is 2. The molecule has 2 rings (SSSR count). The summed E-state index contributed by atoms with van der Waals surface area (Å²) < 4.78 is 0. The van der Waals surface area contributed by atoms with Gasteiger partial charge in [0.2, 0.25) is 0 Å². The van der Waals surface area contributed by atoms with Crippen LogP contribution in [0.2, 0.25) is 0 Å². The lowest BCUT2D eigenvalue weighted by Gasteiger charge is -2.10. The van der Waals surface area contributed by atoms with Crippen LogP contribution in [0, 0.1) is 13.8 Å². The standard InChI is InChI=1S/C16H20N4O/c1-11-3-5-13(6-4-11)16(21)19-8-7-18-15-12(2)9-14(17)10-20-15/h3-6,9-10H,7-8,17H2,1-2H3,(H,18,20)(H,19,21). The van der Waals surface area contributed by atoms with Crippen LogP contribution in [0.4, 0.5) is 11.5 Å². The minimum Gasteiger partial charge on any atom is -0.397 e. The van der Waals surface area contributed by atoms with Crippen LogP contribution in [0.5, 0.6) is 0 Å². The third kappa shape index (κ3) is 4.21. The van der Waals surface area contributed by atoms with Gasteiger partial charge < -0.3 is 16.4 Å². The molecule has 110 valence electrons. The van der Waals surface area contributed by atoms with Crippen molar-refractivity contribution in [2.75, 3.05) is 24.1 Å². The lowest BCUT2D eigenvalue weighted by atomic mass is 10.1. The lowest BCUT2D eigenvalue weighted by molar-refractivity contribution is 0.0955. The zero-order valence-corrected chi connectivity index (χ0v) is 12.3. The molecule has 5 nitrogen and oxygen atoms in total. The number of nitrogen functional groups attached to an aromatic ring is 1. The van der Waals surface area contributed by atoms with E-state index in [0.717, 1.165) is 16.9 Å². The van der Waals surface area contributed by atoms with Crippen molar-refractivity contribution in [1.29, 1.82) is 0 Å². The molecule has 0 aliphatic carbocycles. The fraction of sp³-hybridized carbons (Fsp3) is 0.250. The molecule has 0 unspecified atom stereocenters. The number of benzene rings is 1. The lowest BCUT2D eigenvalue weighted by Crippen LogP contribution is -2.29. The Kier molecular flexibility index (Phi) is 4.77. The van der Waals surface area contributed by atoms with Gasteiger partial charge in [-0.15, -0.1) is 0 Å². The molecular weight excluding hydrogens is 264 g/mol. The van der Waals surface area contributed by atoms with Crippen LogP contribution in [0.25, 0.3) is 0 Å². The second-order valence-electron chi connectivity index (χ2n) is 4.98. The van der Waals surface area contributed by atoms with Gasteiger partial charge in [-0.25, -0.2) is 4.98 Å². The monoisotopic (exact) mass is 284 g/mol. The van der Waals surface area contributed by atoms with Crippen LogP contribution in [0.15, 0.2) is 36.5 Å². The summed E-state index contributed by atoms with van der Waals surface area (Å²) in [6.07, 6.45) is 1.61. The number of hydrogen-bond donors (Lipinski definition) is 3. The Labute approximate surface area is 124 Å². The van der Waals surface area contributed by atoms with Crippen LogP contribution in [-0.2, 0) is 0 Å². The summed E-state index contributed by atoms with van der Waals surface area (Å²) >= 11 is 0. The van der Waals surface area contributed by atoms with Crippen LogP contribution < -0.4 is 16.4 Å². The normalized spacial score (nSPS) is 10.2. The van der Waals surface area contributed by atoms with Crippen molar-refractivity contribution < 1.29 is 4.79 Å². The average Bonchev–Trinajstić information content (AvgIpc) is 2.46. The smallest absolute Gasteiger partial charge is 0.251 e. The van der Waals surface area contributed by atoms with Gasteiger partial charge in [0.15, 0.2) is 0 Å². The summed E-state index contributed by atoms with van der Waals surface area (Å²) in [7, 11) is 0. The largest absolute Gasteiger partial charge is 0.397 e. The fourth-order valence-electron chi connectivity index (χ4n) is 1.95. The van der Waals surface area contributed by atoms with Crippen LogP contribution in [0.3, 0.4) is 0 Å². The zero-order chi connectivity index (χ0) is 15.2. The third-order valence-electron chi connectivity index (χ3n) is 3.12. The van der Waals surface area contributed by atoms with Crippen molar-refractivity contribution in [3.05, 3.63) is 53.2 Å². The number of aryl methyl sites for hydroxylation is 2. The molecule has 0 aliphatic rings. The quantitative estimate of drug-likeness (QED) is 0.735. The van der Waals surface area contributed by atoms with Crippen molar-refractivity contribution >= 4 is 17.4 Å². The number of nitrogens with zero attached hydrogens (tertiary/aromatic N) is 1. The first-order valence-corrected chi connectivity index (χ1v) is 6.87. The highest BCUT2D eigenvalue weighted by atomic mass is 16.1. The molecule has 1 amide bonds. The van der Waals surface area contributed by atoms with E-state index >= 15 is 0 Å². The van der Waals surface area contributed by atoms with E-state index in [9.17, 15) is 4.79 Å². The van der Waals surface area contributed by atoms with Gasteiger partial charge in [-0.05, 0) is 37.6 Å². The first kappa shape index (κ1) is 14.8. The molecule has 0 atom stereocenters. The molecule has 0 spiro atoms. The van der Waals surface area contributed by atoms with E-state index < -0.39 is 0 Å². The molecule has 4 N–H and O–H groups in total. The van der Waals surface area contributed by atoms with Crippen molar-refractivity contribution in [3.63, 3.8) is 0 Å². The number of pyridine rings is 1. The van der Waals surface area contributed by atoms with Gasteiger partial charge in [-0.2, -0.15) is 0 Å². The number of aromatic nitrogens is 1. The van der Waals surface area contributed by atoms with Crippen LogP contribution >= 0.6 is 0 Å². The van der Waals surface area contributed by atoms with E-state index in [-0.39, 0.29) is 5.91 Å². The SMILES string of the molecule is Cc1ccc(C(=O)NCCNc2ncc(N)cc2C)cc1. The molecule has 0 radical (unpaired) electrons. The minimum absolute atomic E-state index is 0.0706. The number of nitrogens with two attached hydrogens (primary N) is 1. The highest BCUT2D eigenvalue weighted by Crippen LogP contribution is 2.13. The average molecular weight is 284 g/mol. The Hall–Kier alpha value is -2.56. The number of amides is 1. The number of rotatable bonds is 5. The molecule has 0 fully saturated rings. The van der Waals surface area contributed by atoms with Gasteiger partial charge >= 0.3 is 0 Å². The Bertz CT molecular complexity index is 623. The minimum atomic E-state index is -0.0706. The summed E-state index contributed by atoms with van der Waals surface area (Å²) in [6, 6.07) is 9.36. The van der Waals surface area contributed by atoms with Crippen molar-refractivity contribution in [2.24, 2.45) is 0 Å². The Morgan fingerprint density at radius 2 is 1.90 bits per heavy atom. The second kappa shape index (κ2) is 6.74. The summed E-state index contributed by atoms with van der Waals surface area (Å²) in [5.41, 5.74) is 9.09. The highest BCUT2D eigenvalue weighted by Gasteiger charge is 2.04. The van der Waals surface area contributed by atoms with E-state index in [1.807, 2.05) is 44.2 Å². The summed E-state index contributed by atoms with van der Waals surface area (Å²) in [5.74, 6) is 0.715. The maximum absolute atomic E-state index is 11.9. The van der Waals surface area contributed by atoms with E-state index in [1.165, 1.54) is 0 Å². The number of carbonyl (C=O) groups excluding carboxylic acids is 1. The van der Waals surface area contributed by atoms with E-state index in [1.54, 1.807) is 6.20 Å². The van der Waals surface area contributed by atoms with E-state index in [2.05, 4.69) is 15.6 Å². The zero-order valence-electron chi connectivity index (χ0n) is 12.3. The molecule has 1 aromatic heterocycles.